The third-order valence-electron chi connectivity index (χ3n) is 3.40. The number of hydrogen-bond acceptors (Lipinski definition) is 6. The van der Waals surface area contributed by atoms with Gasteiger partial charge >= 0.3 is 6.01 Å². The first kappa shape index (κ1) is 16.0. The monoisotopic (exact) mass is 390 g/mol. The van der Waals surface area contributed by atoms with Crippen LogP contribution in [0.3, 0.4) is 0 Å². The Morgan fingerprint density at radius 2 is 2.00 bits per heavy atom. The molecule has 6 nitrogen and oxygen atoms in total. The van der Waals surface area contributed by atoms with Crippen molar-refractivity contribution in [2.24, 2.45) is 0 Å². The molecule has 25 heavy (non-hydrogen) atoms. The lowest BCUT2D eigenvalue weighted by Gasteiger charge is -2.01. The molecule has 2 aromatic heterocycles. The van der Waals surface area contributed by atoms with E-state index < -0.39 is 0 Å². The van der Waals surface area contributed by atoms with E-state index >= 15 is 0 Å². The predicted octanol–water partition coefficient (Wildman–Crippen LogP) is 4.91. The number of fused-ring (bicyclic) bond motifs is 1. The molecule has 124 valence electrons. The number of benzene rings is 2. The smallest absolute Gasteiger partial charge is 0.322 e. The molecule has 0 aliphatic carbocycles. The minimum atomic E-state index is -0.359. The van der Waals surface area contributed by atoms with Gasteiger partial charge in [-0.15, -0.1) is 16.4 Å². The molecule has 1 amide bonds. The van der Waals surface area contributed by atoms with Gasteiger partial charge in [-0.1, -0.05) is 28.3 Å². The molecule has 0 fully saturated rings. The summed E-state index contributed by atoms with van der Waals surface area (Å²) in [4.78, 5) is 16.5. The topological polar surface area (TPSA) is 80.9 Å². The Morgan fingerprint density at radius 3 is 2.88 bits per heavy atom. The van der Waals surface area contributed by atoms with Crippen molar-refractivity contribution in [3.63, 3.8) is 0 Å². The first-order valence-electron chi connectivity index (χ1n) is 7.04. The zero-order valence-corrected chi connectivity index (χ0v) is 14.7. The van der Waals surface area contributed by atoms with Crippen LogP contribution in [-0.2, 0) is 0 Å². The highest BCUT2D eigenvalue weighted by molar-refractivity contribution is 7.16. The number of aromatic nitrogens is 3. The molecular formula is C16H8Cl2N4O2S. The fraction of sp³-hybridized carbons (Fsp3) is 0. The van der Waals surface area contributed by atoms with E-state index in [-0.39, 0.29) is 17.8 Å². The van der Waals surface area contributed by atoms with E-state index in [9.17, 15) is 4.79 Å². The molecule has 2 aromatic carbocycles. The normalized spacial score (nSPS) is 11.0. The van der Waals surface area contributed by atoms with Crippen molar-refractivity contribution in [2.75, 3.05) is 5.32 Å². The molecule has 2 heterocycles. The highest BCUT2D eigenvalue weighted by Gasteiger charge is 2.15. The van der Waals surface area contributed by atoms with E-state index in [0.29, 0.717) is 21.2 Å². The van der Waals surface area contributed by atoms with Gasteiger partial charge in [0.2, 0.25) is 0 Å². The molecule has 0 saturated heterocycles. The Balaban J connectivity index is 1.58. The van der Waals surface area contributed by atoms with Crippen LogP contribution in [0.4, 0.5) is 6.01 Å². The molecule has 0 atom stereocenters. The van der Waals surface area contributed by atoms with Crippen LogP contribution >= 0.6 is 34.5 Å². The molecular weight excluding hydrogens is 383 g/mol. The maximum absolute atomic E-state index is 12.3. The summed E-state index contributed by atoms with van der Waals surface area (Å²) in [7, 11) is 0. The Bertz CT molecular complexity index is 1090. The number of carbonyl (C=O) groups is 1. The average Bonchev–Trinajstić information content (AvgIpc) is 3.25. The van der Waals surface area contributed by atoms with Gasteiger partial charge in [-0.25, -0.2) is 4.98 Å². The molecule has 1 N–H and O–H groups in total. The number of nitrogens with zero attached hydrogens (tertiary/aromatic N) is 3. The molecule has 0 saturated carbocycles. The second-order valence-electron chi connectivity index (χ2n) is 5.03. The van der Waals surface area contributed by atoms with E-state index in [1.807, 2.05) is 0 Å². The van der Waals surface area contributed by atoms with Gasteiger partial charge in [0.25, 0.3) is 11.8 Å². The summed E-state index contributed by atoms with van der Waals surface area (Å²) in [5.41, 5.74) is 3.54. The Hall–Kier alpha value is -2.48. The van der Waals surface area contributed by atoms with Crippen LogP contribution in [0.15, 0.2) is 46.3 Å². The maximum Gasteiger partial charge on any atom is 0.322 e. The SMILES string of the molecule is O=C(Nc1nnc(-c2cc(Cl)ccc2Cl)o1)c1ccc2ncsc2c1. The van der Waals surface area contributed by atoms with Gasteiger partial charge in [0.05, 0.1) is 26.3 Å². The molecule has 0 spiro atoms. The molecule has 0 unspecified atom stereocenters. The largest absolute Gasteiger partial charge is 0.403 e. The molecule has 0 radical (unpaired) electrons. The number of rotatable bonds is 3. The van der Waals surface area contributed by atoms with Crippen molar-refractivity contribution < 1.29 is 9.21 Å². The van der Waals surface area contributed by atoms with Crippen LogP contribution in [0.1, 0.15) is 10.4 Å². The van der Waals surface area contributed by atoms with Gasteiger partial charge < -0.3 is 4.42 Å². The summed E-state index contributed by atoms with van der Waals surface area (Å²) in [6, 6.07) is 10.1. The number of carbonyl (C=O) groups excluding carboxylic acids is 1. The molecule has 0 aliphatic heterocycles. The minimum absolute atomic E-state index is 0.0274. The molecule has 9 heteroatoms. The van der Waals surface area contributed by atoms with Crippen LogP contribution in [0, 0.1) is 0 Å². The van der Waals surface area contributed by atoms with Gasteiger partial charge in [-0.05, 0) is 36.4 Å². The standard InChI is InChI=1S/C16H8Cl2N4O2S/c17-9-2-3-11(18)10(6-9)15-21-22-16(24-15)20-14(23)8-1-4-12-13(5-8)25-7-19-12/h1-7H,(H,20,22,23). The summed E-state index contributed by atoms with van der Waals surface area (Å²) in [5.74, 6) is -0.191. The Morgan fingerprint density at radius 1 is 1.12 bits per heavy atom. The predicted molar refractivity (Wildman–Crippen MR) is 97.3 cm³/mol. The Labute approximate surface area is 155 Å². The summed E-state index contributed by atoms with van der Waals surface area (Å²) in [6.07, 6.45) is 0. The van der Waals surface area contributed by atoms with E-state index in [2.05, 4.69) is 20.5 Å². The second kappa shape index (κ2) is 6.44. The molecule has 4 aromatic rings. The van der Waals surface area contributed by atoms with Crippen LogP contribution in [0.25, 0.3) is 21.7 Å². The van der Waals surface area contributed by atoms with Gasteiger partial charge in [0, 0.05) is 10.6 Å². The number of anilines is 1. The summed E-state index contributed by atoms with van der Waals surface area (Å²) in [6.45, 7) is 0. The zero-order chi connectivity index (χ0) is 17.4. The van der Waals surface area contributed by atoms with Crippen LogP contribution < -0.4 is 5.32 Å². The molecule has 0 bridgehead atoms. The number of hydrogen-bond donors (Lipinski definition) is 1. The van der Waals surface area contributed by atoms with E-state index in [4.69, 9.17) is 27.6 Å². The third-order valence-corrected chi connectivity index (χ3v) is 4.75. The number of halogens is 2. The van der Waals surface area contributed by atoms with Gasteiger partial charge in [0.15, 0.2) is 0 Å². The van der Waals surface area contributed by atoms with Gasteiger partial charge in [-0.3, -0.25) is 10.1 Å². The van der Waals surface area contributed by atoms with Crippen molar-refractivity contribution >= 4 is 56.7 Å². The van der Waals surface area contributed by atoms with Crippen molar-refractivity contribution in [1.82, 2.24) is 15.2 Å². The van der Waals surface area contributed by atoms with Crippen molar-refractivity contribution in [1.29, 1.82) is 0 Å². The lowest BCUT2D eigenvalue weighted by atomic mass is 10.2. The van der Waals surface area contributed by atoms with E-state index in [1.165, 1.54) is 11.3 Å². The maximum atomic E-state index is 12.3. The van der Waals surface area contributed by atoms with Crippen molar-refractivity contribution in [3.05, 3.63) is 57.5 Å². The van der Waals surface area contributed by atoms with Crippen LogP contribution in [0.2, 0.25) is 10.0 Å². The minimum Gasteiger partial charge on any atom is -0.403 e. The fourth-order valence-electron chi connectivity index (χ4n) is 2.21. The van der Waals surface area contributed by atoms with Gasteiger partial charge in [0.1, 0.15) is 0 Å². The third kappa shape index (κ3) is 3.21. The molecule has 0 aliphatic rings. The van der Waals surface area contributed by atoms with Crippen LogP contribution in [0.5, 0.6) is 0 Å². The highest BCUT2D eigenvalue weighted by Crippen LogP contribution is 2.30. The number of nitrogens with one attached hydrogen (secondary N) is 1. The lowest BCUT2D eigenvalue weighted by molar-refractivity contribution is 0.102. The average molecular weight is 391 g/mol. The lowest BCUT2D eigenvalue weighted by Crippen LogP contribution is -2.11. The van der Waals surface area contributed by atoms with Crippen LogP contribution in [-0.4, -0.2) is 21.1 Å². The molecule has 4 rings (SSSR count). The first-order valence-corrected chi connectivity index (χ1v) is 8.67. The fourth-order valence-corrected chi connectivity index (χ4v) is 3.30. The Kier molecular flexibility index (Phi) is 4.12. The zero-order valence-electron chi connectivity index (χ0n) is 12.4. The second-order valence-corrected chi connectivity index (χ2v) is 6.76. The van der Waals surface area contributed by atoms with Gasteiger partial charge in [-0.2, -0.15) is 0 Å². The summed E-state index contributed by atoms with van der Waals surface area (Å²) in [5, 5.41) is 11.2. The van der Waals surface area contributed by atoms with Crippen molar-refractivity contribution in [2.45, 2.75) is 0 Å². The summed E-state index contributed by atoms with van der Waals surface area (Å²) < 4.78 is 6.38. The first-order chi connectivity index (χ1) is 12.1. The number of amides is 1. The highest BCUT2D eigenvalue weighted by atomic mass is 35.5. The number of thiazole rings is 1. The quantitative estimate of drug-likeness (QED) is 0.537. The van der Waals surface area contributed by atoms with E-state index in [1.54, 1.807) is 41.9 Å². The van der Waals surface area contributed by atoms with Crippen molar-refractivity contribution in [3.8, 4) is 11.5 Å². The van der Waals surface area contributed by atoms with E-state index in [0.717, 1.165) is 10.2 Å². The summed E-state index contributed by atoms with van der Waals surface area (Å²) >= 11 is 13.5.